The number of piperidine rings is 1. The lowest BCUT2D eigenvalue weighted by Gasteiger charge is -2.32. The fraction of sp³-hybridized carbons (Fsp3) is 0.391. The standard InChI is InChI=1S/C23H27N3O2S/c1-16-14-18(28-2)10-11-19(16)24-22(27)12-9-17-6-5-13-26(15-17)23-25-20-7-3-4-8-21(20)29-23/h3-4,7-8,10-11,14,17H,5-6,9,12-13,15H2,1-2H3,(H,24,27). The van der Waals surface area contributed by atoms with Crippen LogP contribution in [0, 0.1) is 12.8 Å². The Morgan fingerprint density at radius 1 is 1.31 bits per heavy atom. The maximum Gasteiger partial charge on any atom is 0.224 e. The van der Waals surface area contributed by atoms with Crippen LogP contribution < -0.4 is 15.0 Å². The van der Waals surface area contributed by atoms with Crippen LogP contribution in [0.15, 0.2) is 42.5 Å². The summed E-state index contributed by atoms with van der Waals surface area (Å²) in [6.45, 7) is 4.01. The molecule has 0 bridgehead atoms. The highest BCUT2D eigenvalue weighted by molar-refractivity contribution is 7.22. The van der Waals surface area contributed by atoms with E-state index in [0.29, 0.717) is 12.3 Å². The summed E-state index contributed by atoms with van der Waals surface area (Å²) in [5.41, 5.74) is 2.94. The number of benzene rings is 2. The molecule has 1 N–H and O–H groups in total. The molecule has 2 aromatic carbocycles. The van der Waals surface area contributed by atoms with E-state index in [0.717, 1.165) is 53.6 Å². The molecule has 1 aliphatic heterocycles. The van der Waals surface area contributed by atoms with Crippen LogP contribution in [0.5, 0.6) is 5.75 Å². The zero-order valence-corrected chi connectivity index (χ0v) is 17.8. The van der Waals surface area contributed by atoms with Crippen LogP contribution in [0.4, 0.5) is 10.8 Å². The van der Waals surface area contributed by atoms with Crippen molar-refractivity contribution >= 4 is 38.3 Å². The van der Waals surface area contributed by atoms with Gasteiger partial charge in [0.25, 0.3) is 0 Å². The highest BCUT2D eigenvalue weighted by Crippen LogP contribution is 2.32. The van der Waals surface area contributed by atoms with Crippen molar-refractivity contribution in [2.45, 2.75) is 32.6 Å². The average molecular weight is 410 g/mol. The smallest absolute Gasteiger partial charge is 0.224 e. The molecule has 3 aromatic rings. The van der Waals surface area contributed by atoms with Gasteiger partial charge >= 0.3 is 0 Å². The summed E-state index contributed by atoms with van der Waals surface area (Å²) in [6, 6.07) is 14.0. The molecule has 1 saturated heterocycles. The summed E-state index contributed by atoms with van der Waals surface area (Å²) >= 11 is 1.76. The molecule has 1 aromatic heterocycles. The van der Waals surface area contributed by atoms with Crippen molar-refractivity contribution in [1.29, 1.82) is 0 Å². The zero-order chi connectivity index (χ0) is 20.2. The molecule has 1 unspecified atom stereocenters. The number of ether oxygens (including phenoxy) is 1. The number of carbonyl (C=O) groups is 1. The average Bonchev–Trinajstić information content (AvgIpc) is 3.18. The predicted octanol–water partition coefficient (Wildman–Crippen LogP) is 5.25. The van der Waals surface area contributed by atoms with Crippen LogP contribution in [0.3, 0.4) is 0 Å². The van der Waals surface area contributed by atoms with E-state index in [1.54, 1.807) is 18.4 Å². The molecule has 4 rings (SSSR count). The number of hydrogen-bond acceptors (Lipinski definition) is 5. The maximum atomic E-state index is 12.5. The number of para-hydroxylation sites is 1. The van der Waals surface area contributed by atoms with Crippen LogP contribution >= 0.6 is 11.3 Å². The molecule has 0 aliphatic carbocycles. The molecule has 5 nitrogen and oxygen atoms in total. The molecule has 0 saturated carbocycles. The fourth-order valence-electron chi connectivity index (χ4n) is 3.92. The number of anilines is 2. The Labute approximate surface area is 175 Å². The summed E-state index contributed by atoms with van der Waals surface area (Å²) in [7, 11) is 1.65. The third-order valence-corrected chi connectivity index (χ3v) is 6.66. The van der Waals surface area contributed by atoms with Gasteiger partial charge in [0, 0.05) is 25.2 Å². The van der Waals surface area contributed by atoms with Gasteiger partial charge in [-0.25, -0.2) is 4.98 Å². The second kappa shape index (κ2) is 8.82. The van der Waals surface area contributed by atoms with Gasteiger partial charge in [0.1, 0.15) is 5.75 Å². The molecule has 6 heteroatoms. The topological polar surface area (TPSA) is 54.5 Å². The van der Waals surface area contributed by atoms with E-state index in [2.05, 4.69) is 28.4 Å². The van der Waals surface area contributed by atoms with Gasteiger partial charge in [-0.15, -0.1) is 0 Å². The summed E-state index contributed by atoms with van der Waals surface area (Å²) in [6.07, 6.45) is 3.78. The third kappa shape index (κ3) is 4.70. The molecule has 1 aliphatic rings. The van der Waals surface area contributed by atoms with E-state index < -0.39 is 0 Å². The molecular formula is C23H27N3O2S. The van der Waals surface area contributed by atoms with E-state index in [1.807, 2.05) is 31.2 Å². The summed E-state index contributed by atoms with van der Waals surface area (Å²) in [5, 5.41) is 4.15. The largest absolute Gasteiger partial charge is 0.497 e. The van der Waals surface area contributed by atoms with Gasteiger partial charge in [-0.2, -0.15) is 0 Å². The van der Waals surface area contributed by atoms with Crippen molar-refractivity contribution in [3.8, 4) is 5.75 Å². The van der Waals surface area contributed by atoms with Crippen LogP contribution in [0.1, 0.15) is 31.2 Å². The Hall–Kier alpha value is -2.60. The number of methoxy groups -OCH3 is 1. The highest BCUT2D eigenvalue weighted by atomic mass is 32.1. The predicted molar refractivity (Wildman–Crippen MR) is 120 cm³/mol. The zero-order valence-electron chi connectivity index (χ0n) is 17.0. The summed E-state index contributed by atoms with van der Waals surface area (Å²) in [4.78, 5) is 19.7. The molecule has 1 amide bonds. The second-order valence-corrected chi connectivity index (χ2v) is 8.70. The molecular weight excluding hydrogens is 382 g/mol. The lowest BCUT2D eigenvalue weighted by atomic mass is 9.93. The summed E-state index contributed by atoms with van der Waals surface area (Å²) in [5.74, 6) is 1.41. The Morgan fingerprint density at radius 3 is 2.97 bits per heavy atom. The van der Waals surface area contributed by atoms with Crippen molar-refractivity contribution in [1.82, 2.24) is 4.98 Å². The first-order chi connectivity index (χ1) is 14.1. The lowest BCUT2D eigenvalue weighted by Crippen LogP contribution is -2.35. The van der Waals surface area contributed by atoms with E-state index in [9.17, 15) is 4.79 Å². The number of rotatable bonds is 6. The van der Waals surface area contributed by atoms with Crippen molar-refractivity contribution in [2.24, 2.45) is 5.92 Å². The van der Waals surface area contributed by atoms with Gasteiger partial charge in [-0.3, -0.25) is 4.79 Å². The Bertz CT molecular complexity index is 968. The summed E-state index contributed by atoms with van der Waals surface area (Å²) < 4.78 is 6.46. The minimum atomic E-state index is 0.0791. The minimum absolute atomic E-state index is 0.0791. The molecule has 0 radical (unpaired) electrons. The normalized spacial score (nSPS) is 16.8. The highest BCUT2D eigenvalue weighted by Gasteiger charge is 2.23. The quantitative estimate of drug-likeness (QED) is 0.604. The Balaban J connectivity index is 1.32. The number of fused-ring (bicyclic) bond motifs is 1. The van der Waals surface area contributed by atoms with Gasteiger partial charge in [0.2, 0.25) is 5.91 Å². The number of nitrogens with zero attached hydrogens (tertiary/aromatic N) is 2. The molecule has 1 atom stereocenters. The van der Waals surface area contributed by atoms with E-state index >= 15 is 0 Å². The van der Waals surface area contributed by atoms with E-state index in [4.69, 9.17) is 9.72 Å². The molecule has 1 fully saturated rings. The fourth-order valence-corrected chi connectivity index (χ4v) is 4.92. The van der Waals surface area contributed by atoms with Crippen LogP contribution in [-0.2, 0) is 4.79 Å². The molecule has 0 spiro atoms. The Kier molecular flexibility index (Phi) is 6.00. The number of thiazole rings is 1. The third-order valence-electron chi connectivity index (χ3n) is 5.56. The van der Waals surface area contributed by atoms with Crippen LogP contribution in [0.2, 0.25) is 0 Å². The first-order valence-corrected chi connectivity index (χ1v) is 11.0. The maximum absolute atomic E-state index is 12.5. The number of amides is 1. The number of nitrogens with one attached hydrogen (secondary N) is 1. The molecule has 152 valence electrons. The van der Waals surface area contributed by atoms with Gasteiger partial charge < -0.3 is 15.0 Å². The Morgan fingerprint density at radius 2 is 2.17 bits per heavy atom. The lowest BCUT2D eigenvalue weighted by molar-refractivity contribution is -0.116. The van der Waals surface area contributed by atoms with Gasteiger partial charge in [0.05, 0.1) is 17.3 Å². The first-order valence-electron chi connectivity index (χ1n) is 10.2. The number of aryl methyl sites for hydroxylation is 1. The first kappa shape index (κ1) is 19.7. The van der Waals surface area contributed by atoms with Crippen molar-refractivity contribution in [3.63, 3.8) is 0 Å². The minimum Gasteiger partial charge on any atom is -0.497 e. The second-order valence-electron chi connectivity index (χ2n) is 7.69. The molecule has 29 heavy (non-hydrogen) atoms. The monoisotopic (exact) mass is 409 g/mol. The van der Waals surface area contributed by atoms with Crippen molar-refractivity contribution in [2.75, 3.05) is 30.4 Å². The SMILES string of the molecule is COc1ccc(NC(=O)CCC2CCCN(c3nc4ccccc4s3)C2)c(C)c1. The van der Waals surface area contributed by atoms with Gasteiger partial charge in [-0.05, 0) is 68.0 Å². The number of aromatic nitrogens is 1. The van der Waals surface area contributed by atoms with Crippen LogP contribution in [-0.4, -0.2) is 31.1 Å². The molecule has 2 heterocycles. The van der Waals surface area contributed by atoms with E-state index in [-0.39, 0.29) is 5.91 Å². The van der Waals surface area contributed by atoms with Crippen LogP contribution in [0.25, 0.3) is 10.2 Å². The van der Waals surface area contributed by atoms with Crippen molar-refractivity contribution < 1.29 is 9.53 Å². The van der Waals surface area contributed by atoms with Crippen molar-refractivity contribution in [3.05, 3.63) is 48.0 Å². The number of carbonyl (C=O) groups excluding carboxylic acids is 1. The van der Waals surface area contributed by atoms with Gasteiger partial charge in [-0.1, -0.05) is 23.5 Å². The van der Waals surface area contributed by atoms with E-state index in [1.165, 1.54) is 11.1 Å². The number of hydrogen-bond donors (Lipinski definition) is 1. The van der Waals surface area contributed by atoms with Gasteiger partial charge in [0.15, 0.2) is 5.13 Å².